The number of rotatable bonds is 0. The summed E-state index contributed by atoms with van der Waals surface area (Å²) in [6.07, 6.45) is 0.890. The Labute approximate surface area is 113 Å². The van der Waals surface area contributed by atoms with E-state index in [1.165, 1.54) is 0 Å². The quantitative estimate of drug-likeness (QED) is 0.670. The molecule has 1 aromatic carbocycles. The Kier molecular flexibility index (Phi) is 2.26. The number of anilines is 1. The minimum atomic E-state index is -0.359. The summed E-state index contributed by atoms with van der Waals surface area (Å²) in [6, 6.07) is 2.15. The third kappa shape index (κ3) is 1.38. The Balaban J connectivity index is 2.42. The first-order valence-corrected chi connectivity index (χ1v) is 6.78. The summed E-state index contributed by atoms with van der Waals surface area (Å²) >= 11 is 0. The van der Waals surface area contributed by atoms with Gasteiger partial charge in [0.15, 0.2) is 0 Å². The topological polar surface area (TPSA) is 37.4 Å². The highest BCUT2D eigenvalue weighted by Gasteiger charge is 2.49. The van der Waals surface area contributed by atoms with Crippen LogP contribution in [0.3, 0.4) is 0 Å². The fourth-order valence-electron chi connectivity index (χ4n) is 3.66. The molecular formula is C16H19NO2. The first-order chi connectivity index (χ1) is 8.75. The lowest BCUT2D eigenvalue weighted by Crippen LogP contribution is -2.50. The lowest BCUT2D eigenvalue weighted by molar-refractivity contribution is -0.115. The first kappa shape index (κ1) is 12.4. The standard InChI is InChI=1S/C16H19NO2/c1-8-6-11-9(2)7-16(4,5)17-13(11)12(10(8)3)14(18)15(17)19/h6,9H,7H2,1-5H3/t9-/m1/s1. The summed E-state index contributed by atoms with van der Waals surface area (Å²) < 4.78 is 0. The van der Waals surface area contributed by atoms with Gasteiger partial charge in [0.2, 0.25) is 0 Å². The molecule has 0 saturated heterocycles. The number of amides is 1. The molecular weight excluding hydrogens is 238 g/mol. The van der Waals surface area contributed by atoms with E-state index in [2.05, 4.69) is 13.0 Å². The number of nitrogens with zero attached hydrogens (tertiary/aromatic N) is 1. The molecule has 0 saturated carbocycles. The lowest BCUT2D eigenvalue weighted by Gasteiger charge is -2.43. The predicted molar refractivity (Wildman–Crippen MR) is 74.8 cm³/mol. The maximum absolute atomic E-state index is 12.3. The molecule has 2 heterocycles. The maximum Gasteiger partial charge on any atom is 0.299 e. The van der Waals surface area contributed by atoms with Crippen molar-refractivity contribution >= 4 is 17.4 Å². The van der Waals surface area contributed by atoms with Gasteiger partial charge in [-0.2, -0.15) is 0 Å². The molecule has 2 aliphatic rings. The SMILES string of the molecule is Cc1cc2c3c(c1C)C(=O)C(=O)N3C(C)(C)C[C@H]2C. The van der Waals surface area contributed by atoms with Crippen LogP contribution in [0.2, 0.25) is 0 Å². The van der Waals surface area contributed by atoms with E-state index in [1.807, 2.05) is 27.7 Å². The number of hydrogen-bond donors (Lipinski definition) is 0. The van der Waals surface area contributed by atoms with E-state index in [1.54, 1.807) is 4.90 Å². The second-order valence-electron chi connectivity index (χ2n) is 6.52. The van der Waals surface area contributed by atoms with Gasteiger partial charge < -0.3 is 0 Å². The number of hydrogen-bond acceptors (Lipinski definition) is 2. The van der Waals surface area contributed by atoms with Crippen molar-refractivity contribution in [3.8, 4) is 0 Å². The molecule has 3 rings (SSSR count). The summed E-state index contributed by atoms with van der Waals surface area (Å²) in [5, 5.41) is 0. The molecule has 1 atom stereocenters. The van der Waals surface area contributed by atoms with Crippen LogP contribution in [0.5, 0.6) is 0 Å². The van der Waals surface area contributed by atoms with E-state index in [0.29, 0.717) is 11.5 Å². The van der Waals surface area contributed by atoms with Gasteiger partial charge in [-0.3, -0.25) is 14.5 Å². The van der Waals surface area contributed by atoms with Gasteiger partial charge in [0, 0.05) is 5.54 Å². The molecule has 0 N–H and O–H groups in total. The smallest absolute Gasteiger partial charge is 0.299 e. The number of benzene rings is 1. The van der Waals surface area contributed by atoms with Gasteiger partial charge in [-0.05, 0) is 56.7 Å². The fourth-order valence-corrected chi connectivity index (χ4v) is 3.66. The zero-order chi connectivity index (χ0) is 14.1. The third-order valence-corrected chi connectivity index (χ3v) is 4.64. The summed E-state index contributed by atoms with van der Waals surface area (Å²) in [5.41, 5.74) is 4.43. The third-order valence-electron chi connectivity index (χ3n) is 4.64. The number of aryl methyl sites for hydroxylation is 1. The van der Waals surface area contributed by atoms with E-state index < -0.39 is 0 Å². The fraction of sp³-hybridized carbons (Fsp3) is 0.500. The zero-order valence-corrected chi connectivity index (χ0v) is 12.1. The molecule has 1 aromatic rings. The van der Waals surface area contributed by atoms with Crippen molar-refractivity contribution in [3.63, 3.8) is 0 Å². The van der Waals surface area contributed by atoms with Gasteiger partial charge in [-0.15, -0.1) is 0 Å². The Morgan fingerprint density at radius 1 is 1.26 bits per heavy atom. The van der Waals surface area contributed by atoms with Crippen LogP contribution in [0.1, 0.15) is 60.2 Å². The van der Waals surface area contributed by atoms with Crippen LogP contribution in [0, 0.1) is 13.8 Å². The van der Waals surface area contributed by atoms with Crippen molar-refractivity contribution in [3.05, 3.63) is 28.3 Å². The van der Waals surface area contributed by atoms with Crippen molar-refractivity contribution in [2.75, 3.05) is 4.90 Å². The normalized spacial score (nSPS) is 23.8. The number of carbonyl (C=O) groups is 2. The largest absolute Gasteiger partial charge is 0.299 e. The van der Waals surface area contributed by atoms with Crippen LogP contribution in [-0.4, -0.2) is 17.2 Å². The van der Waals surface area contributed by atoms with Crippen LogP contribution < -0.4 is 4.90 Å². The van der Waals surface area contributed by atoms with Gasteiger partial charge in [-0.25, -0.2) is 0 Å². The molecule has 3 heteroatoms. The minimum absolute atomic E-state index is 0.286. The Morgan fingerprint density at radius 2 is 1.89 bits per heavy atom. The summed E-state index contributed by atoms with van der Waals surface area (Å²) in [7, 11) is 0. The number of ketones is 1. The van der Waals surface area contributed by atoms with Crippen LogP contribution >= 0.6 is 0 Å². The predicted octanol–water partition coefficient (Wildman–Crippen LogP) is 3.12. The van der Waals surface area contributed by atoms with E-state index in [4.69, 9.17) is 0 Å². The minimum Gasteiger partial charge on any atom is -0.299 e. The maximum atomic E-state index is 12.3. The Hall–Kier alpha value is -1.64. The molecule has 0 aliphatic carbocycles. The van der Waals surface area contributed by atoms with Crippen molar-refractivity contribution in [2.24, 2.45) is 0 Å². The van der Waals surface area contributed by atoms with Gasteiger partial charge >= 0.3 is 0 Å². The second kappa shape index (κ2) is 3.47. The molecule has 0 spiro atoms. The molecule has 0 unspecified atom stereocenters. The molecule has 19 heavy (non-hydrogen) atoms. The molecule has 0 bridgehead atoms. The van der Waals surface area contributed by atoms with E-state index in [0.717, 1.165) is 28.8 Å². The van der Waals surface area contributed by atoms with Gasteiger partial charge in [0.1, 0.15) is 0 Å². The van der Waals surface area contributed by atoms with Crippen molar-refractivity contribution in [1.82, 2.24) is 0 Å². The molecule has 2 aliphatic heterocycles. The lowest BCUT2D eigenvalue weighted by atomic mass is 9.79. The summed E-state index contributed by atoms with van der Waals surface area (Å²) in [5.74, 6) is -0.320. The Morgan fingerprint density at radius 3 is 2.53 bits per heavy atom. The highest BCUT2D eigenvalue weighted by atomic mass is 16.2. The van der Waals surface area contributed by atoms with Crippen molar-refractivity contribution in [2.45, 2.75) is 52.5 Å². The zero-order valence-electron chi connectivity index (χ0n) is 12.1. The van der Waals surface area contributed by atoms with Gasteiger partial charge in [-0.1, -0.05) is 13.0 Å². The molecule has 1 amide bonds. The van der Waals surface area contributed by atoms with Crippen LogP contribution in [0.4, 0.5) is 5.69 Å². The molecule has 0 aromatic heterocycles. The van der Waals surface area contributed by atoms with Crippen LogP contribution in [0.25, 0.3) is 0 Å². The van der Waals surface area contributed by atoms with Gasteiger partial charge in [0.05, 0.1) is 11.3 Å². The molecule has 0 radical (unpaired) electrons. The number of carbonyl (C=O) groups excluding carboxylic acids is 2. The van der Waals surface area contributed by atoms with E-state index in [9.17, 15) is 9.59 Å². The molecule has 0 fully saturated rings. The van der Waals surface area contributed by atoms with Crippen LogP contribution in [-0.2, 0) is 4.79 Å². The van der Waals surface area contributed by atoms with Crippen molar-refractivity contribution in [1.29, 1.82) is 0 Å². The average molecular weight is 257 g/mol. The highest BCUT2D eigenvalue weighted by Crippen LogP contribution is 2.49. The van der Waals surface area contributed by atoms with Crippen LogP contribution in [0.15, 0.2) is 6.07 Å². The average Bonchev–Trinajstić information content (AvgIpc) is 2.56. The molecule has 3 nitrogen and oxygen atoms in total. The number of Topliss-reactive ketones (excluding diaryl/α,β-unsaturated/α-hetero) is 1. The monoisotopic (exact) mass is 257 g/mol. The highest BCUT2D eigenvalue weighted by molar-refractivity contribution is 6.53. The van der Waals surface area contributed by atoms with Crippen molar-refractivity contribution < 1.29 is 9.59 Å². The molecule has 100 valence electrons. The first-order valence-electron chi connectivity index (χ1n) is 6.78. The van der Waals surface area contributed by atoms with Gasteiger partial charge in [0.25, 0.3) is 11.7 Å². The van der Waals surface area contributed by atoms with E-state index >= 15 is 0 Å². The Bertz CT molecular complexity index is 628. The summed E-state index contributed by atoms with van der Waals surface area (Å²) in [4.78, 5) is 26.4. The summed E-state index contributed by atoms with van der Waals surface area (Å²) in [6.45, 7) is 10.2. The van der Waals surface area contributed by atoms with E-state index in [-0.39, 0.29) is 17.2 Å². The second-order valence-corrected chi connectivity index (χ2v) is 6.52.